The second-order valence-electron chi connectivity index (χ2n) is 2.78. The Morgan fingerprint density at radius 2 is 2.00 bits per heavy atom. The molecule has 1 N–H and O–H groups in total. The van der Waals surface area contributed by atoms with Crippen LogP contribution < -0.4 is 0 Å². The van der Waals surface area contributed by atoms with Crippen molar-refractivity contribution in [3.05, 3.63) is 54.8 Å². The van der Waals surface area contributed by atoms with Gasteiger partial charge in [-0.2, -0.15) is 0 Å². The first-order chi connectivity index (χ1) is 7.61. The summed E-state index contributed by atoms with van der Waals surface area (Å²) in [5, 5.41) is 8.28. The molecular weight excluding hydrogens is 204 g/mol. The molecule has 1 aromatic rings. The van der Waals surface area contributed by atoms with Gasteiger partial charge in [0, 0.05) is 0 Å². The molecule has 0 fully saturated rings. The zero-order valence-electron chi connectivity index (χ0n) is 9.35. The van der Waals surface area contributed by atoms with Crippen LogP contribution in [0.25, 0.3) is 6.08 Å². The van der Waals surface area contributed by atoms with Crippen molar-refractivity contribution in [2.45, 2.75) is 6.92 Å². The van der Waals surface area contributed by atoms with E-state index in [0.29, 0.717) is 0 Å². The molecule has 16 heavy (non-hydrogen) atoms. The molecule has 3 heteroatoms. The summed E-state index contributed by atoms with van der Waals surface area (Å²) in [6, 6.07) is 10.0. The molecule has 0 aromatic heterocycles. The molecule has 0 aliphatic heterocycles. The molecule has 0 saturated heterocycles. The zero-order valence-corrected chi connectivity index (χ0v) is 9.35. The molecule has 86 valence electrons. The standard InChI is InChI=1S/C8H8.C5H8O3/c1-2-8-6-4-3-5-7-8;1-3-8-5(7)4(2)6/h2-7H,1H2;6H,2-3H2,1H3. The lowest BCUT2D eigenvalue weighted by Gasteiger charge is -1.95. The maximum Gasteiger partial charge on any atom is 0.372 e. The highest BCUT2D eigenvalue weighted by molar-refractivity contribution is 5.84. The van der Waals surface area contributed by atoms with Crippen molar-refractivity contribution in [2.75, 3.05) is 6.61 Å². The van der Waals surface area contributed by atoms with Gasteiger partial charge in [-0.1, -0.05) is 43.0 Å². The SMILES string of the molecule is C=C(O)C(=O)OCC.C=Cc1ccccc1. The molecule has 0 atom stereocenters. The van der Waals surface area contributed by atoms with Crippen LogP contribution in [-0.2, 0) is 9.53 Å². The number of aliphatic hydroxyl groups is 1. The van der Waals surface area contributed by atoms with Gasteiger partial charge in [0.25, 0.3) is 0 Å². The highest BCUT2D eigenvalue weighted by Gasteiger charge is 2.01. The van der Waals surface area contributed by atoms with E-state index in [-0.39, 0.29) is 6.61 Å². The van der Waals surface area contributed by atoms with E-state index in [0.717, 1.165) is 0 Å². The van der Waals surface area contributed by atoms with E-state index >= 15 is 0 Å². The molecule has 0 amide bonds. The van der Waals surface area contributed by atoms with Gasteiger partial charge in [0.15, 0.2) is 5.76 Å². The Labute approximate surface area is 95.7 Å². The smallest absolute Gasteiger partial charge is 0.372 e. The highest BCUT2D eigenvalue weighted by Crippen LogP contribution is 1.97. The minimum atomic E-state index is -0.757. The lowest BCUT2D eigenvalue weighted by molar-refractivity contribution is -0.141. The van der Waals surface area contributed by atoms with Gasteiger partial charge in [-0.25, -0.2) is 4.79 Å². The first kappa shape index (κ1) is 14.0. The van der Waals surface area contributed by atoms with E-state index in [9.17, 15) is 4.79 Å². The summed E-state index contributed by atoms with van der Waals surface area (Å²) in [5.74, 6) is -1.31. The Morgan fingerprint density at radius 1 is 1.44 bits per heavy atom. The van der Waals surface area contributed by atoms with E-state index < -0.39 is 11.7 Å². The first-order valence-corrected chi connectivity index (χ1v) is 4.84. The molecule has 0 aliphatic carbocycles. The molecule has 3 nitrogen and oxygen atoms in total. The number of carbonyl (C=O) groups excluding carboxylic acids is 1. The van der Waals surface area contributed by atoms with Gasteiger partial charge in [0.1, 0.15) is 0 Å². The van der Waals surface area contributed by atoms with Gasteiger partial charge in [0.05, 0.1) is 6.61 Å². The summed E-state index contributed by atoms with van der Waals surface area (Å²) in [6.45, 7) is 8.50. The Bertz CT molecular complexity index is 341. The van der Waals surface area contributed by atoms with Crippen LogP contribution in [0.3, 0.4) is 0 Å². The quantitative estimate of drug-likeness (QED) is 0.484. The molecule has 0 spiro atoms. The molecule has 1 rings (SSSR count). The largest absolute Gasteiger partial charge is 0.502 e. The van der Waals surface area contributed by atoms with Crippen molar-refractivity contribution in [1.29, 1.82) is 0 Å². The van der Waals surface area contributed by atoms with Gasteiger partial charge in [-0.3, -0.25) is 0 Å². The second kappa shape index (κ2) is 8.29. The number of benzene rings is 1. The number of esters is 1. The summed E-state index contributed by atoms with van der Waals surface area (Å²) in [5.41, 5.74) is 1.17. The third kappa shape index (κ3) is 6.43. The topological polar surface area (TPSA) is 46.5 Å². The number of rotatable bonds is 3. The van der Waals surface area contributed by atoms with Crippen molar-refractivity contribution < 1.29 is 14.6 Å². The average molecular weight is 220 g/mol. The van der Waals surface area contributed by atoms with Crippen molar-refractivity contribution in [3.8, 4) is 0 Å². The van der Waals surface area contributed by atoms with Crippen LogP contribution in [0.1, 0.15) is 12.5 Å². The summed E-state index contributed by atoms with van der Waals surface area (Å²) < 4.78 is 4.31. The normalized spacial score (nSPS) is 8.31. The maximum absolute atomic E-state index is 10.2. The molecular formula is C13H16O3. The van der Waals surface area contributed by atoms with Crippen LogP contribution in [0.4, 0.5) is 0 Å². The van der Waals surface area contributed by atoms with Gasteiger partial charge >= 0.3 is 5.97 Å². The average Bonchev–Trinajstić information content (AvgIpc) is 2.31. The third-order valence-electron chi connectivity index (χ3n) is 1.55. The maximum atomic E-state index is 10.2. The lowest BCUT2D eigenvalue weighted by atomic mass is 10.2. The zero-order chi connectivity index (χ0) is 12.4. The lowest BCUT2D eigenvalue weighted by Crippen LogP contribution is -2.05. The van der Waals surface area contributed by atoms with Gasteiger partial charge < -0.3 is 9.84 Å². The minimum absolute atomic E-state index is 0.262. The third-order valence-corrected chi connectivity index (χ3v) is 1.55. The fraction of sp³-hybridized carbons (Fsp3) is 0.154. The van der Waals surface area contributed by atoms with E-state index in [2.05, 4.69) is 17.9 Å². The molecule has 0 unspecified atom stereocenters. The second-order valence-corrected chi connectivity index (χ2v) is 2.78. The molecule has 0 radical (unpaired) electrons. The van der Waals surface area contributed by atoms with E-state index in [1.807, 2.05) is 36.4 Å². The minimum Gasteiger partial charge on any atom is -0.502 e. The summed E-state index contributed by atoms with van der Waals surface area (Å²) in [6.07, 6.45) is 1.83. The van der Waals surface area contributed by atoms with Crippen LogP contribution in [0, 0.1) is 0 Å². The monoisotopic (exact) mass is 220 g/mol. The molecule has 1 aromatic carbocycles. The van der Waals surface area contributed by atoms with E-state index in [4.69, 9.17) is 5.11 Å². The predicted octanol–water partition coefficient (Wildman–Crippen LogP) is 2.95. The van der Waals surface area contributed by atoms with Gasteiger partial charge in [0.2, 0.25) is 0 Å². The molecule has 0 aliphatic rings. The fourth-order valence-electron chi connectivity index (χ4n) is 0.804. The van der Waals surface area contributed by atoms with Crippen LogP contribution in [0.15, 0.2) is 49.2 Å². The van der Waals surface area contributed by atoms with Crippen LogP contribution in [0.2, 0.25) is 0 Å². The number of aliphatic hydroxyl groups excluding tert-OH is 1. The van der Waals surface area contributed by atoms with Crippen LogP contribution in [-0.4, -0.2) is 17.7 Å². The first-order valence-electron chi connectivity index (χ1n) is 4.84. The number of hydrogen-bond acceptors (Lipinski definition) is 3. The van der Waals surface area contributed by atoms with Crippen molar-refractivity contribution in [1.82, 2.24) is 0 Å². The van der Waals surface area contributed by atoms with E-state index in [1.54, 1.807) is 6.92 Å². The number of carbonyl (C=O) groups is 1. The van der Waals surface area contributed by atoms with Crippen LogP contribution >= 0.6 is 0 Å². The summed E-state index contributed by atoms with van der Waals surface area (Å²) in [7, 11) is 0. The molecule has 0 saturated carbocycles. The fourth-order valence-corrected chi connectivity index (χ4v) is 0.804. The Balaban J connectivity index is 0.000000281. The van der Waals surface area contributed by atoms with E-state index in [1.165, 1.54) is 5.56 Å². The summed E-state index contributed by atoms with van der Waals surface area (Å²) >= 11 is 0. The predicted molar refractivity (Wildman–Crippen MR) is 64.9 cm³/mol. The summed E-state index contributed by atoms with van der Waals surface area (Å²) in [4.78, 5) is 10.2. The van der Waals surface area contributed by atoms with Gasteiger partial charge in [-0.05, 0) is 19.1 Å². The number of hydrogen-bond donors (Lipinski definition) is 1. The Hall–Kier alpha value is -2.03. The van der Waals surface area contributed by atoms with Crippen molar-refractivity contribution in [3.63, 3.8) is 0 Å². The highest BCUT2D eigenvalue weighted by atomic mass is 16.5. The van der Waals surface area contributed by atoms with Crippen LogP contribution in [0.5, 0.6) is 0 Å². The molecule has 0 bridgehead atoms. The Kier molecular flexibility index (Phi) is 7.24. The van der Waals surface area contributed by atoms with Crippen molar-refractivity contribution in [2.24, 2.45) is 0 Å². The molecule has 0 heterocycles. The number of ether oxygens (including phenoxy) is 1. The van der Waals surface area contributed by atoms with Crippen molar-refractivity contribution >= 4 is 12.0 Å². The Morgan fingerprint density at radius 3 is 2.25 bits per heavy atom. The van der Waals surface area contributed by atoms with Gasteiger partial charge in [-0.15, -0.1) is 0 Å².